The zero-order valence-corrected chi connectivity index (χ0v) is 12.6. The van der Waals surface area contributed by atoms with Gasteiger partial charge in [-0.05, 0) is 24.5 Å². The highest BCUT2D eigenvalue weighted by atomic mass is 16.5. The third-order valence-corrected chi connectivity index (χ3v) is 4.06. The van der Waals surface area contributed by atoms with Crippen LogP contribution in [0, 0.1) is 5.92 Å². The maximum absolute atomic E-state index is 11.8. The molecule has 1 aliphatic rings. The maximum Gasteiger partial charge on any atom is 0.220 e. The topological polar surface area (TPSA) is 64.3 Å². The van der Waals surface area contributed by atoms with Crippen LogP contribution in [0.5, 0.6) is 5.75 Å². The molecule has 4 nitrogen and oxygen atoms in total. The van der Waals surface area contributed by atoms with Gasteiger partial charge in [0.1, 0.15) is 12.4 Å². The van der Waals surface area contributed by atoms with E-state index in [1.807, 2.05) is 18.2 Å². The number of nitrogens with one attached hydrogen (secondary N) is 1. The summed E-state index contributed by atoms with van der Waals surface area (Å²) in [7, 11) is 0. The highest BCUT2D eigenvalue weighted by molar-refractivity contribution is 5.75. The summed E-state index contributed by atoms with van der Waals surface area (Å²) in [4.78, 5) is 11.8. The maximum atomic E-state index is 11.8. The van der Waals surface area contributed by atoms with Crippen molar-refractivity contribution in [3.05, 3.63) is 24.3 Å². The molecule has 0 saturated heterocycles. The Morgan fingerprint density at radius 2 is 2.10 bits per heavy atom. The number of hydrogen-bond acceptors (Lipinski definition) is 3. The Balaban J connectivity index is 1.54. The number of nitrogen functional groups attached to an aromatic ring is 1. The van der Waals surface area contributed by atoms with Gasteiger partial charge in [0.2, 0.25) is 5.91 Å². The minimum Gasteiger partial charge on any atom is -0.492 e. The van der Waals surface area contributed by atoms with Crippen molar-refractivity contribution in [3.63, 3.8) is 0 Å². The molecule has 116 valence electrons. The first-order valence-electron chi connectivity index (χ1n) is 7.99. The molecule has 0 heterocycles. The Labute approximate surface area is 127 Å². The highest BCUT2D eigenvalue weighted by Gasteiger charge is 2.14. The molecule has 0 spiro atoms. The van der Waals surface area contributed by atoms with Crippen LogP contribution in [0.3, 0.4) is 0 Å². The molecule has 1 amide bonds. The van der Waals surface area contributed by atoms with E-state index in [1.54, 1.807) is 6.07 Å². The Hall–Kier alpha value is -1.71. The van der Waals surface area contributed by atoms with Crippen molar-refractivity contribution in [3.8, 4) is 5.75 Å². The second-order valence-corrected chi connectivity index (χ2v) is 5.81. The van der Waals surface area contributed by atoms with Gasteiger partial charge in [-0.1, -0.05) is 38.2 Å². The van der Waals surface area contributed by atoms with E-state index < -0.39 is 0 Å². The average molecular weight is 290 g/mol. The van der Waals surface area contributed by atoms with Gasteiger partial charge < -0.3 is 15.8 Å². The second-order valence-electron chi connectivity index (χ2n) is 5.81. The van der Waals surface area contributed by atoms with Gasteiger partial charge in [-0.15, -0.1) is 0 Å². The molecular formula is C17H26N2O2. The summed E-state index contributed by atoms with van der Waals surface area (Å²) in [5.41, 5.74) is 6.36. The van der Waals surface area contributed by atoms with Gasteiger partial charge in [-0.25, -0.2) is 0 Å². The molecule has 0 radical (unpaired) electrons. The third-order valence-electron chi connectivity index (χ3n) is 4.06. The van der Waals surface area contributed by atoms with Gasteiger partial charge in [0.25, 0.3) is 0 Å². The summed E-state index contributed by atoms with van der Waals surface area (Å²) in [5, 5.41) is 2.91. The van der Waals surface area contributed by atoms with E-state index in [9.17, 15) is 4.79 Å². The third kappa shape index (κ3) is 6.06. The number of carbonyl (C=O) groups is 1. The number of anilines is 1. The van der Waals surface area contributed by atoms with Crippen LogP contribution in [-0.2, 0) is 4.79 Å². The van der Waals surface area contributed by atoms with Crippen LogP contribution in [0.4, 0.5) is 5.69 Å². The molecule has 1 aromatic carbocycles. The van der Waals surface area contributed by atoms with Crippen molar-refractivity contribution >= 4 is 11.6 Å². The minimum absolute atomic E-state index is 0.136. The first-order chi connectivity index (χ1) is 10.2. The van der Waals surface area contributed by atoms with E-state index in [-0.39, 0.29) is 5.91 Å². The van der Waals surface area contributed by atoms with Gasteiger partial charge in [-0.2, -0.15) is 0 Å². The molecule has 0 unspecified atom stereocenters. The summed E-state index contributed by atoms with van der Waals surface area (Å²) in [6.07, 6.45) is 8.30. The number of nitrogens with two attached hydrogens (primary N) is 1. The monoisotopic (exact) mass is 290 g/mol. The summed E-state index contributed by atoms with van der Waals surface area (Å²) in [6, 6.07) is 7.32. The van der Waals surface area contributed by atoms with E-state index in [2.05, 4.69) is 5.32 Å². The largest absolute Gasteiger partial charge is 0.492 e. The van der Waals surface area contributed by atoms with Crippen LogP contribution in [-0.4, -0.2) is 19.1 Å². The lowest BCUT2D eigenvalue weighted by molar-refractivity contribution is -0.121. The molecule has 2 rings (SSSR count). The minimum atomic E-state index is 0.136. The molecule has 0 bridgehead atoms. The lowest BCUT2D eigenvalue weighted by Crippen LogP contribution is -2.28. The summed E-state index contributed by atoms with van der Waals surface area (Å²) >= 11 is 0. The Morgan fingerprint density at radius 3 is 2.86 bits per heavy atom. The lowest BCUT2D eigenvalue weighted by atomic mass is 9.86. The predicted molar refractivity (Wildman–Crippen MR) is 85.2 cm³/mol. The predicted octanol–water partition coefficient (Wildman–Crippen LogP) is 3.12. The smallest absolute Gasteiger partial charge is 0.220 e. The van der Waals surface area contributed by atoms with E-state index in [0.717, 1.165) is 18.1 Å². The van der Waals surface area contributed by atoms with Crippen LogP contribution in [0.1, 0.15) is 44.9 Å². The Morgan fingerprint density at radius 1 is 1.29 bits per heavy atom. The molecule has 0 aromatic heterocycles. The van der Waals surface area contributed by atoms with Crippen molar-refractivity contribution < 1.29 is 9.53 Å². The molecule has 0 atom stereocenters. The van der Waals surface area contributed by atoms with Crippen molar-refractivity contribution in [2.24, 2.45) is 5.92 Å². The van der Waals surface area contributed by atoms with Crippen LogP contribution in [0.25, 0.3) is 0 Å². The molecule has 1 saturated carbocycles. The average Bonchev–Trinajstić information content (AvgIpc) is 2.51. The first kappa shape index (κ1) is 15.7. The van der Waals surface area contributed by atoms with Crippen LogP contribution in [0.2, 0.25) is 0 Å². The zero-order chi connectivity index (χ0) is 14.9. The van der Waals surface area contributed by atoms with Gasteiger partial charge in [0.05, 0.1) is 6.54 Å². The van der Waals surface area contributed by atoms with Crippen molar-refractivity contribution in [1.82, 2.24) is 5.32 Å². The molecule has 3 N–H and O–H groups in total. The van der Waals surface area contributed by atoms with E-state index in [4.69, 9.17) is 10.5 Å². The molecule has 1 aliphatic carbocycles. The van der Waals surface area contributed by atoms with E-state index >= 15 is 0 Å². The van der Waals surface area contributed by atoms with Crippen LogP contribution < -0.4 is 15.8 Å². The first-order valence-corrected chi connectivity index (χ1v) is 7.99. The number of rotatable bonds is 7. The number of carbonyl (C=O) groups excluding carboxylic acids is 1. The number of ether oxygens (including phenoxy) is 1. The van der Waals surface area contributed by atoms with Crippen LogP contribution in [0.15, 0.2) is 24.3 Å². The second kappa shape index (κ2) is 8.55. The molecule has 1 fully saturated rings. The normalized spacial score (nSPS) is 15.6. The SMILES string of the molecule is Nc1cccc(OCCNC(=O)CCC2CCCCC2)c1. The summed E-state index contributed by atoms with van der Waals surface area (Å²) in [6.45, 7) is 1.01. The number of amides is 1. The molecule has 21 heavy (non-hydrogen) atoms. The van der Waals surface area contributed by atoms with Crippen LogP contribution >= 0.6 is 0 Å². The fourth-order valence-electron chi connectivity index (χ4n) is 2.86. The quantitative estimate of drug-likeness (QED) is 0.599. The van der Waals surface area contributed by atoms with E-state index in [1.165, 1.54) is 32.1 Å². The summed E-state index contributed by atoms with van der Waals surface area (Å²) < 4.78 is 5.54. The fraction of sp³-hybridized carbons (Fsp3) is 0.588. The van der Waals surface area contributed by atoms with Gasteiger partial charge in [0, 0.05) is 18.2 Å². The zero-order valence-electron chi connectivity index (χ0n) is 12.6. The Kier molecular flexibility index (Phi) is 6.38. The Bertz CT molecular complexity index is 442. The van der Waals surface area contributed by atoms with Gasteiger partial charge in [0.15, 0.2) is 0 Å². The highest BCUT2D eigenvalue weighted by Crippen LogP contribution is 2.27. The lowest BCUT2D eigenvalue weighted by Gasteiger charge is -2.20. The molecular weight excluding hydrogens is 264 g/mol. The van der Waals surface area contributed by atoms with Crippen molar-refractivity contribution in [2.75, 3.05) is 18.9 Å². The number of hydrogen-bond donors (Lipinski definition) is 2. The molecule has 0 aliphatic heterocycles. The van der Waals surface area contributed by atoms with Crippen molar-refractivity contribution in [2.45, 2.75) is 44.9 Å². The van der Waals surface area contributed by atoms with Gasteiger partial charge in [-0.3, -0.25) is 4.79 Å². The van der Waals surface area contributed by atoms with Gasteiger partial charge >= 0.3 is 0 Å². The summed E-state index contributed by atoms with van der Waals surface area (Å²) in [5.74, 6) is 1.64. The molecule has 1 aromatic rings. The standard InChI is InChI=1S/C17H26N2O2/c18-15-7-4-8-16(13-15)21-12-11-19-17(20)10-9-14-5-2-1-3-6-14/h4,7-8,13-14H,1-3,5-6,9-12,18H2,(H,19,20). The van der Waals surface area contributed by atoms with E-state index in [0.29, 0.717) is 25.3 Å². The molecule has 4 heteroatoms. The van der Waals surface area contributed by atoms with Crippen molar-refractivity contribution in [1.29, 1.82) is 0 Å². The number of benzene rings is 1. The fourth-order valence-corrected chi connectivity index (χ4v) is 2.86.